The van der Waals surface area contributed by atoms with Gasteiger partial charge in [0.05, 0.1) is 6.61 Å². The molecule has 2 heteroatoms. The second kappa shape index (κ2) is 16.7. The van der Waals surface area contributed by atoms with Crippen LogP contribution in [0.25, 0.3) is 0 Å². The Morgan fingerprint density at radius 1 is 0.722 bits per heavy atom. The Kier molecular flexibility index (Phi) is 16.3. The van der Waals surface area contributed by atoms with Gasteiger partial charge in [-0.3, -0.25) is 0 Å². The van der Waals surface area contributed by atoms with E-state index in [1.165, 1.54) is 44.9 Å². The van der Waals surface area contributed by atoms with Crippen molar-refractivity contribution in [3.63, 3.8) is 0 Å². The van der Waals surface area contributed by atoms with Crippen LogP contribution in [-0.2, 0) is 9.47 Å². The fraction of sp³-hybridized carbons (Fsp3) is 0.875. The largest absolute Gasteiger partial charge is 0.355 e. The lowest BCUT2D eigenvalue weighted by Crippen LogP contribution is -2.02. The SMILES string of the molecule is CC/C=C\CCOCOCCCCCCCCC. The Morgan fingerprint density at radius 3 is 2.11 bits per heavy atom. The molecule has 0 aromatic carbocycles. The minimum absolute atomic E-state index is 0.454. The molecule has 0 N–H and O–H groups in total. The first-order valence-corrected chi connectivity index (χ1v) is 7.72. The molecule has 0 bridgehead atoms. The maximum absolute atomic E-state index is 5.42. The monoisotopic (exact) mass is 256 g/mol. The molecule has 0 unspecified atom stereocenters. The fourth-order valence-electron chi connectivity index (χ4n) is 1.77. The standard InChI is InChI=1S/C16H32O2/c1-3-5-7-9-10-11-13-15-18-16-17-14-12-8-6-4-2/h6,8H,3-5,7,9-16H2,1-2H3/b8-6-. The molecule has 0 rings (SSSR count). The van der Waals surface area contributed by atoms with Crippen LogP contribution in [-0.4, -0.2) is 20.0 Å². The van der Waals surface area contributed by atoms with Gasteiger partial charge in [0.15, 0.2) is 0 Å². The summed E-state index contributed by atoms with van der Waals surface area (Å²) in [5.74, 6) is 0. The molecule has 0 aromatic rings. The molecule has 0 aromatic heterocycles. The van der Waals surface area contributed by atoms with Crippen LogP contribution in [0.1, 0.15) is 71.6 Å². The van der Waals surface area contributed by atoms with Gasteiger partial charge in [0, 0.05) is 6.61 Å². The molecule has 0 spiro atoms. The molecule has 108 valence electrons. The Bertz CT molecular complexity index is 166. The van der Waals surface area contributed by atoms with E-state index in [0.29, 0.717) is 6.79 Å². The van der Waals surface area contributed by atoms with Crippen LogP contribution in [0.4, 0.5) is 0 Å². The average Bonchev–Trinajstić information content (AvgIpc) is 2.39. The Balaban J connectivity index is 2.92. The molecule has 0 saturated heterocycles. The van der Waals surface area contributed by atoms with Gasteiger partial charge in [0.25, 0.3) is 0 Å². The highest BCUT2D eigenvalue weighted by Gasteiger charge is 1.92. The summed E-state index contributed by atoms with van der Waals surface area (Å²) in [7, 11) is 0. The van der Waals surface area contributed by atoms with Crippen molar-refractivity contribution in [3.05, 3.63) is 12.2 Å². The smallest absolute Gasteiger partial charge is 0.146 e. The summed E-state index contributed by atoms with van der Waals surface area (Å²) in [6, 6.07) is 0. The molecule has 0 atom stereocenters. The summed E-state index contributed by atoms with van der Waals surface area (Å²) >= 11 is 0. The highest BCUT2D eigenvalue weighted by molar-refractivity contribution is 4.79. The third kappa shape index (κ3) is 15.7. The zero-order valence-electron chi connectivity index (χ0n) is 12.5. The van der Waals surface area contributed by atoms with Gasteiger partial charge in [-0.05, 0) is 19.3 Å². The number of ether oxygens (including phenoxy) is 2. The zero-order chi connectivity index (χ0) is 13.3. The molecule has 0 heterocycles. The van der Waals surface area contributed by atoms with Crippen molar-refractivity contribution in [2.45, 2.75) is 71.6 Å². The first-order chi connectivity index (χ1) is 8.91. The summed E-state index contributed by atoms with van der Waals surface area (Å²) in [6.07, 6.45) is 15.7. The van der Waals surface area contributed by atoms with Crippen molar-refractivity contribution in [1.82, 2.24) is 0 Å². The van der Waals surface area contributed by atoms with Gasteiger partial charge in [-0.2, -0.15) is 0 Å². The van der Waals surface area contributed by atoms with Crippen LogP contribution >= 0.6 is 0 Å². The lowest BCUT2D eigenvalue weighted by atomic mass is 10.1. The number of hydrogen-bond donors (Lipinski definition) is 0. The van der Waals surface area contributed by atoms with E-state index in [9.17, 15) is 0 Å². The summed E-state index contributed by atoms with van der Waals surface area (Å²) in [6.45, 7) is 6.47. The van der Waals surface area contributed by atoms with Crippen LogP contribution < -0.4 is 0 Å². The van der Waals surface area contributed by atoms with Crippen molar-refractivity contribution in [3.8, 4) is 0 Å². The van der Waals surface area contributed by atoms with Crippen LogP contribution in [0.5, 0.6) is 0 Å². The summed E-state index contributed by atoms with van der Waals surface area (Å²) < 4.78 is 10.8. The predicted molar refractivity (Wildman–Crippen MR) is 78.8 cm³/mol. The predicted octanol–water partition coefficient (Wildman–Crippen LogP) is 5.08. The van der Waals surface area contributed by atoms with Crippen LogP contribution in [0.15, 0.2) is 12.2 Å². The number of rotatable bonds is 14. The number of unbranched alkanes of at least 4 members (excludes halogenated alkanes) is 6. The molecule has 0 saturated carbocycles. The molecule has 18 heavy (non-hydrogen) atoms. The van der Waals surface area contributed by atoms with Gasteiger partial charge in [-0.25, -0.2) is 0 Å². The Morgan fingerprint density at radius 2 is 1.39 bits per heavy atom. The maximum atomic E-state index is 5.42. The van der Waals surface area contributed by atoms with Crippen LogP contribution in [0, 0.1) is 0 Å². The van der Waals surface area contributed by atoms with Crippen molar-refractivity contribution in [2.75, 3.05) is 20.0 Å². The number of hydrogen-bond acceptors (Lipinski definition) is 2. The Labute approximate surface area is 114 Å². The van der Waals surface area contributed by atoms with Gasteiger partial charge in [0.1, 0.15) is 6.79 Å². The molecular formula is C16H32O2. The lowest BCUT2D eigenvalue weighted by Gasteiger charge is -2.05. The molecule has 0 radical (unpaired) electrons. The molecule has 2 nitrogen and oxygen atoms in total. The quantitative estimate of drug-likeness (QED) is 0.245. The van der Waals surface area contributed by atoms with E-state index in [-0.39, 0.29) is 0 Å². The van der Waals surface area contributed by atoms with Gasteiger partial charge in [0.2, 0.25) is 0 Å². The average molecular weight is 256 g/mol. The second-order valence-electron chi connectivity index (χ2n) is 4.72. The summed E-state index contributed by atoms with van der Waals surface area (Å²) in [4.78, 5) is 0. The van der Waals surface area contributed by atoms with Gasteiger partial charge < -0.3 is 9.47 Å². The first kappa shape index (κ1) is 17.7. The summed E-state index contributed by atoms with van der Waals surface area (Å²) in [5, 5.41) is 0. The second-order valence-corrected chi connectivity index (χ2v) is 4.72. The van der Waals surface area contributed by atoms with Gasteiger partial charge in [-0.15, -0.1) is 0 Å². The first-order valence-electron chi connectivity index (χ1n) is 7.72. The number of allylic oxidation sites excluding steroid dienone is 1. The maximum Gasteiger partial charge on any atom is 0.146 e. The highest BCUT2D eigenvalue weighted by atomic mass is 16.7. The van der Waals surface area contributed by atoms with E-state index >= 15 is 0 Å². The van der Waals surface area contributed by atoms with E-state index in [4.69, 9.17) is 9.47 Å². The fourth-order valence-corrected chi connectivity index (χ4v) is 1.77. The van der Waals surface area contributed by atoms with Crippen molar-refractivity contribution in [2.24, 2.45) is 0 Å². The minimum Gasteiger partial charge on any atom is -0.355 e. The zero-order valence-corrected chi connectivity index (χ0v) is 12.5. The van der Waals surface area contributed by atoms with E-state index in [2.05, 4.69) is 26.0 Å². The molecule has 0 aliphatic rings. The molecule has 0 aliphatic heterocycles. The minimum atomic E-state index is 0.454. The highest BCUT2D eigenvalue weighted by Crippen LogP contribution is 2.06. The van der Waals surface area contributed by atoms with E-state index in [1.54, 1.807) is 0 Å². The summed E-state index contributed by atoms with van der Waals surface area (Å²) in [5.41, 5.74) is 0. The topological polar surface area (TPSA) is 18.5 Å². The third-order valence-electron chi connectivity index (χ3n) is 2.89. The van der Waals surface area contributed by atoms with Crippen LogP contribution in [0.2, 0.25) is 0 Å². The van der Waals surface area contributed by atoms with E-state index in [0.717, 1.165) is 26.1 Å². The molecule has 0 fully saturated rings. The van der Waals surface area contributed by atoms with E-state index < -0.39 is 0 Å². The lowest BCUT2D eigenvalue weighted by molar-refractivity contribution is -0.0531. The molecule has 0 aliphatic carbocycles. The molecule has 0 amide bonds. The van der Waals surface area contributed by atoms with Gasteiger partial charge in [-0.1, -0.05) is 64.5 Å². The Hall–Kier alpha value is -0.340. The van der Waals surface area contributed by atoms with Crippen LogP contribution in [0.3, 0.4) is 0 Å². The van der Waals surface area contributed by atoms with Gasteiger partial charge >= 0.3 is 0 Å². The van der Waals surface area contributed by atoms with Crippen molar-refractivity contribution < 1.29 is 9.47 Å². The third-order valence-corrected chi connectivity index (χ3v) is 2.89. The normalized spacial score (nSPS) is 11.4. The van der Waals surface area contributed by atoms with Crippen molar-refractivity contribution >= 4 is 0 Å². The van der Waals surface area contributed by atoms with Crippen molar-refractivity contribution in [1.29, 1.82) is 0 Å². The van der Waals surface area contributed by atoms with E-state index in [1.807, 2.05) is 0 Å². The molecular weight excluding hydrogens is 224 g/mol.